The first-order valence-electron chi connectivity index (χ1n) is 6.65. The van der Waals surface area contributed by atoms with Crippen molar-refractivity contribution in [3.8, 4) is 11.5 Å². The number of benzene rings is 2. The van der Waals surface area contributed by atoms with Crippen molar-refractivity contribution in [2.45, 2.75) is 19.4 Å². The Kier molecular flexibility index (Phi) is 3.05. The molecule has 1 amide bonds. The number of methoxy groups -OCH3 is 1. The third kappa shape index (κ3) is 2.01. The summed E-state index contributed by atoms with van der Waals surface area (Å²) in [5.41, 5.74) is 1.09. The SMILES string of the molecule is COc1ccc2ccc(O)c3c2c1CC(NC(C)=O)C3=O. The normalized spacial score (nSPS) is 16.9. The fourth-order valence-electron chi connectivity index (χ4n) is 2.94. The largest absolute Gasteiger partial charge is 0.507 e. The average molecular weight is 285 g/mol. The van der Waals surface area contributed by atoms with Crippen LogP contribution < -0.4 is 10.1 Å². The second-order valence-electron chi connectivity index (χ2n) is 5.13. The number of carbonyl (C=O) groups is 2. The van der Waals surface area contributed by atoms with E-state index in [1.165, 1.54) is 13.0 Å². The summed E-state index contributed by atoms with van der Waals surface area (Å²) in [6.07, 6.45) is 0.357. The van der Waals surface area contributed by atoms with Gasteiger partial charge in [0.2, 0.25) is 5.91 Å². The Morgan fingerprint density at radius 2 is 2.05 bits per heavy atom. The highest BCUT2D eigenvalue weighted by atomic mass is 16.5. The smallest absolute Gasteiger partial charge is 0.217 e. The van der Waals surface area contributed by atoms with Crippen molar-refractivity contribution in [3.05, 3.63) is 35.4 Å². The van der Waals surface area contributed by atoms with E-state index in [9.17, 15) is 14.7 Å². The Hall–Kier alpha value is -2.56. The summed E-state index contributed by atoms with van der Waals surface area (Å²) in [5.74, 6) is 0.0293. The monoisotopic (exact) mass is 285 g/mol. The molecule has 2 aromatic rings. The van der Waals surface area contributed by atoms with Gasteiger partial charge in [0.1, 0.15) is 11.5 Å². The second kappa shape index (κ2) is 4.77. The lowest BCUT2D eigenvalue weighted by Gasteiger charge is -2.26. The maximum absolute atomic E-state index is 12.5. The molecule has 0 aliphatic heterocycles. The first-order valence-corrected chi connectivity index (χ1v) is 6.65. The lowest BCUT2D eigenvalue weighted by molar-refractivity contribution is -0.119. The Morgan fingerprint density at radius 1 is 1.33 bits per heavy atom. The van der Waals surface area contributed by atoms with E-state index in [2.05, 4.69) is 5.32 Å². The molecule has 108 valence electrons. The fourth-order valence-corrected chi connectivity index (χ4v) is 2.94. The minimum absolute atomic E-state index is 0.0722. The number of hydrogen-bond acceptors (Lipinski definition) is 4. The molecule has 0 saturated heterocycles. The Labute approximate surface area is 121 Å². The van der Waals surface area contributed by atoms with Crippen LogP contribution in [0.15, 0.2) is 24.3 Å². The molecule has 21 heavy (non-hydrogen) atoms. The molecule has 2 N–H and O–H groups in total. The van der Waals surface area contributed by atoms with E-state index in [0.717, 1.165) is 10.9 Å². The minimum Gasteiger partial charge on any atom is -0.507 e. The van der Waals surface area contributed by atoms with Crippen LogP contribution in [-0.2, 0) is 11.2 Å². The van der Waals surface area contributed by atoms with Crippen LogP contribution in [0.2, 0.25) is 0 Å². The number of aromatic hydroxyl groups is 1. The molecule has 1 atom stereocenters. The van der Waals surface area contributed by atoms with Gasteiger partial charge in [0.15, 0.2) is 5.78 Å². The van der Waals surface area contributed by atoms with Crippen LogP contribution in [-0.4, -0.2) is 29.9 Å². The maximum atomic E-state index is 12.5. The zero-order valence-electron chi connectivity index (χ0n) is 11.8. The van der Waals surface area contributed by atoms with Crippen molar-refractivity contribution in [3.63, 3.8) is 0 Å². The van der Waals surface area contributed by atoms with Crippen molar-refractivity contribution >= 4 is 22.5 Å². The lowest BCUT2D eigenvalue weighted by atomic mass is 9.83. The number of Topliss-reactive ketones (excluding diaryl/α,β-unsaturated/α-hetero) is 1. The highest BCUT2D eigenvalue weighted by molar-refractivity contribution is 6.16. The van der Waals surface area contributed by atoms with Crippen LogP contribution in [0.1, 0.15) is 22.8 Å². The van der Waals surface area contributed by atoms with E-state index in [0.29, 0.717) is 17.6 Å². The molecule has 3 rings (SSSR count). The molecular formula is C16H15NO4. The van der Waals surface area contributed by atoms with Crippen LogP contribution in [0.25, 0.3) is 10.8 Å². The first kappa shape index (κ1) is 13.4. The summed E-state index contributed by atoms with van der Waals surface area (Å²) >= 11 is 0. The van der Waals surface area contributed by atoms with E-state index in [-0.39, 0.29) is 23.0 Å². The number of carbonyl (C=O) groups excluding carboxylic acids is 2. The van der Waals surface area contributed by atoms with Gasteiger partial charge >= 0.3 is 0 Å². The van der Waals surface area contributed by atoms with E-state index in [1.807, 2.05) is 12.1 Å². The molecule has 0 aromatic heterocycles. The molecule has 0 spiro atoms. The molecular weight excluding hydrogens is 270 g/mol. The number of amides is 1. The summed E-state index contributed by atoms with van der Waals surface area (Å²) in [7, 11) is 1.56. The van der Waals surface area contributed by atoms with Crippen LogP contribution in [0.5, 0.6) is 11.5 Å². The van der Waals surface area contributed by atoms with Crippen molar-refractivity contribution in [1.82, 2.24) is 5.32 Å². The van der Waals surface area contributed by atoms with E-state index in [1.54, 1.807) is 13.2 Å². The fraction of sp³-hybridized carbons (Fsp3) is 0.250. The lowest BCUT2D eigenvalue weighted by Crippen LogP contribution is -2.43. The number of hydrogen-bond donors (Lipinski definition) is 2. The Morgan fingerprint density at radius 3 is 2.71 bits per heavy atom. The minimum atomic E-state index is -0.678. The predicted molar refractivity (Wildman–Crippen MR) is 77.8 cm³/mol. The van der Waals surface area contributed by atoms with Gasteiger partial charge in [0.05, 0.1) is 18.7 Å². The van der Waals surface area contributed by atoms with Gasteiger partial charge in [-0.1, -0.05) is 12.1 Å². The number of nitrogens with one attached hydrogen (secondary N) is 1. The van der Waals surface area contributed by atoms with Crippen molar-refractivity contribution in [2.24, 2.45) is 0 Å². The van der Waals surface area contributed by atoms with Gasteiger partial charge in [-0.2, -0.15) is 0 Å². The third-order valence-corrected chi connectivity index (χ3v) is 3.80. The summed E-state index contributed by atoms with van der Waals surface area (Å²) in [5, 5.41) is 14.3. The van der Waals surface area contributed by atoms with Crippen molar-refractivity contribution in [1.29, 1.82) is 0 Å². The highest BCUT2D eigenvalue weighted by Crippen LogP contribution is 2.39. The summed E-state index contributed by atoms with van der Waals surface area (Å²) in [4.78, 5) is 23.8. The van der Waals surface area contributed by atoms with Gasteiger partial charge in [-0.25, -0.2) is 0 Å². The molecule has 5 heteroatoms. The van der Waals surface area contributed by atoms with Crippen LogP contribution in [0.3, 0.4) is 0 Å². The average Bonchev–Trinajstić information content (AvgIpc) is 2.45. The number of ketones is 1. The summed E-state index contributed by atoms with van der Waals surface area (Å²) in [6, 6.07) is 6.28. The summed E-state index contributed by atoms with van der Waals surface area (Å²) < 4.78 is 5.36. The maximum Gasteiger partial charge on any atom is 0.217 e. The van der Waals surface area contributed by atoms with Gasteiger partial charge in [0, 0.05) is 24.3 Å². The van der Waals surface area contributed by atoms with Crippen LogP contribution >= 0.6 is 0 Å². The molecule has 0 fully saturated rings. The number of rotatable bonds is 2. The van der Waals surface area contributed by atoms with Gasteiger partial charge in [-0.05, 0) is 17.5 Å². The molecule has 1 aliphatic carbocycles. The van der Waals surface area contributed by atoms with E-state index < -0.39 is 6.04 Å². The Bertz CT molecular complexity index is 766. The summed E-state index contributed by atoms with van der Waals surface area (Å²) in [6.45, 7) is 1.37. The van der Waals surface area contributed by atoms with Crippen molar-refractivity contribution in [2.75, 3.05) is 7.11 Å². The molecule has 0 radical (unpaired) electrons. The second-order valence-corrected chi connectivity index (χ2v) is 5.13. The molecule has 0 saturated carbocycles. The van der Waals surface area contributed by atoms with Crippen LogP contribution in [0, 0.1) is 0 Å². The molecule has 2 aromatic carbocycles. The zero-order valence-corrected chi connectivity index (χ0v) is 11.8. The zero-order chi connectivity index (χ0) is 15.1. The van der Waals surface area contributed by atoms with Gasteiger partial charge in [0.25, 0.3) is 0 Å². The van der Waals surface area contributed by atoms with Gasteiger partial charge in [-0.15, -0.1) is 0 Å². The van der Waals surface area contributed by atoms with E-state index in [4.69, 9.17) is 4.74 Å². The number of phenols is 1. The molecule has 0 bridgehead atoms. The quantitative estimate of drug-likeness (QED) is 0.882. The topological polar surface area (TPSA) is 75.6 Å². The molecule has 1 aliphatic rings. The van der Waals surface area contributed by atoms with Gasteiger partial charge in [-0.3, -0.25) is 9.59 Å². The standard InChI is InChI=1S/C16H15NO4/c1-8(18)17-11-7-10-13(21-2)6-4-9-3-5-12(19)15(14(9)10)16(11)20/h3-6,11,19H,7H2,1-2H3,(H,17,18). The number of phenolic OH excluding ortho intramolecular Hbond substituents is 1. The van der Waals surface area contributed by atoms with Crippen molar-refractivity contribution < 1.29 is 19.4 Å². The molecule has 5 nitrogen and oxygen atoms in total. The van der Waals surface area contributed by atoms with Gasteiger partial charge < -0.3 is 15.2 Å². The molecule has 0 heterocycles. The third-order valence-electron chi connectivity index (χ3n) is 3.80. The van der Waals surface area contributed by atoms with Crippen LogP contribution in [0.4, 0.5) is 0 Å². The predicted octanol–water partition coefficient (Wildman–Crippen LogP) is 1.80. The Balaban J connectivity index is 2.29. The molecule has 1 unspecified atom stereocenters. The highest BCUT2D eigenvalue weighted by Gasteiger charge is 2.33. The van der Waals surface area contributed by atoms with E-state index >= 15 is 0 Å². The first-order chi connectivity index (χ1) is 10.0. The number of ether oxygens (including phenoxy) is 1.